The van der Waals surface area contributed by atoms with Crippen molar-refractivity contribution < 1.29 is 9.90 Å². The SMILES string of the molecule is Cc1sc(-c2ccsc2Cl)nc1C(=O)O. The average molecular weight is 260 g/mol. The average Bonchev–Trinajstić information content (AvgIpc) is 2.71. The minimum Gasteiger partial charge on any atom is -0.476 e. The molecule has 0 bridgehead atoms. The second kappa shape index (κ2) is 3.92. The van der Waals surface area contributed by atoms with Crippen molar-refractivity contribution in [1.29, 1.82) is 0 Å². The largest absolute Gasteiger partial charge is 0.476 e. The smallest absolute Gasteiger partial charge is 0.355 e. The van der Waals surface area contributed by atoms with Gasteiger partial charge in [-0.3, -0.25) is 0 Å². The minimum atomic E-state index is -0.999. The van der Waals surface area contributed by atoms with E-state index in [-0.39, 0.29) is 5.69 Å². The van der Waals surface area contributed by atoms with Crippen molar-refractivity contribution in [1.82, 2.24) is 4.98 Å². The summed E-state index contributed by atoms with van der Waals surface area (Å²) in [6, 6.07) is 1.84. The molecule has 1 N–H and O–H groups in total. The fourth-order valence-corrected chi connectivity index (χ4v) is 3.14. The van der Waals surface area contributed by atoms with Gasteiger partial charge in [0.15, 0.2) is 5.69 Å². The Morgan fingerprint density at radius 2 is 2.33 bits per heavy atom. The molecule has 0 aliphatic carbocycles. The molecule has 3 nitrogen and oxygen atoms in total. The van der Waals surface area contributed by atoms with E-state index >= 15 is 0 Å². The molecule has 0 aliphatic rings. The highest BCUT2D eigenvalue weighted by Crippen LogP contribution is 2.35. The molecule has 0 atom stereocenters. The van der Waals surface area contributed by atoms with Gasteiger partial charge in [-0.25, -0.2) is 9.78 Å². The normalized spacial score (nSPS) is 10.5. The Hall–Kier alpha value is -0.910. The van der Waals surface area contributed by atoms with Crippen molar-refractivity contribution in [3.05, 3.63) is 26.4 Å². The van der Waals surface area contributed by atoms with Crippen LogP contribution in [0.1, 0.15) is 15.4 Å². The molecule has 2 aromatic heterocycles. The Balaban J connectivity index is 2.52. The van der Waals surface area contributed by atoms with Crippen molar-refractivity contribution in [2.24, 2.45) is 0 Å². The van der Waals surface area contributed by atoms with Crippen molar-refractivity contribution >= 4 is 40.2 Å². The van der Waals surface area contributed by atoms with Crippen LogP contribution in [0.15, 0.2) is 11.4 Å². The van der Waals surface area contributed by atoms with E-state index in [1.165, 1.54) is 22.7 Å². The van der Waals surface area contributed by atoms with Crippen LogP contribution in [0.4, 0.5) is 0 Å². The van der Waals surface area contributed by atoms with Gasteiger partial charge in [-0.05, 0) is 18.4 Å². The Labute approximate surface area is 99.0 Å². The molecule has 78 valence electrons. The quantitative estimate of drug-likeness (QED) is 0.898. The Morgan fingerprint density at radius 1 is 1.60 bits per heavy atom. The molecule has 2 heterocycles. The van der Waals surface area contributed by atoms with Gasteiger partial charge in [-0.15, -0.1) is 22.7 Å². The standard InChI is InChI=1S/C9H6ClNO2S2/c1-4-6(9(12)13)11-8(15-4)5-2-3-14-7(5)10/h2-3H,1H3,(H,12,13). The highest BCUT2D eigenvalue weighted by Gasteiger charge is 2.16. The number of thiophene rings is 1. The lowest BCUT2D eigenvalue weighted by atomic mass is 10.3. The highest BCUT2D eigenvalue weighted by atomic mass is 35.5. The van der Waals surface area contributed by atoms with Gasteiger partial charge in [0.25, 0.3) is 0 Å². The van der Waals surface area contributed by atoms with Crippen LogP contribution < -0.4 is 0 Å². The third kappa shape index (κ3) is 1.90. The number of carboxylic acids is 1. The minimum absolute atomic E-state index is 0.109. The van der Waals surface area contributed by atoms with Gasteiger partial charge in [0, 0.05) is 10.4 Å². The maximum atomic E-state index is 10.8. The summed E-state index contributed by atoms with van der Waals surface area (Å²) in [5.74, 6) is -0.999. The van der Waals surface area contributed by atoms with Crippen LogP contribution in [0.3, 0.4) is 0 Å². The fourth-order valence-electron chi connectivity index (χ4n) is 1.16. The Bertz CT molecular complexity index is 518. The number of rotatable bonds is 2. The van der Waals surface area contributed by atoms with Crippen LogP contribution >= 0.6 is 34.3 Å². The number of hydrogen-bond acceptors (Lipinski definition) is 4. The van der Waals surface area contributed by atoms with Crippen LogP contribution in [-0.4, -0.2) is 16.1 Å². The summed E-state index contributed by atoms with van der Waals surface area (Å²) in [5, 5.41) is 11.4. The second-order valence-corrected chi connectivity index (χ2v) is 5.56. The van der Waals surface area contributed by atoms with E-state index in [0.717, 1.165) is 5.56 Å². The fraction of sp³-hybridized carbons (Fsp3) is 0.111. The van der Waals surface area contributed by atoms with Gasteiger partial charge in [-0.1, -0.05) is 11.6 Å². The maximum absolute atomic E-state index is 10.8. The topological polar surface area (TPSA) is 50.2 Å². The number of aryl methyl sites for hydroxylation is 1. The van der Waals surface area contributed by atoms with Gasteiger partial charge < -0.3 is 5.11 Å². The number of aromatic carboxylic acids is 1. The van der Waals surface area contributed by atoms with Gasteiger partial charge in [0.05, 0.1) is 0 Å². The Kier molecular flexibility index (Phi) is 2.77. The molecule has 0 saturated carbocycles. The third-order valence-electron chi connectivity index (χ3n) is 1.85. The summed E-state index contributed by atoms with van der Waals surface area (Å²) >= 11 is 8.71. The van der Waals surface area contributed by atoms with E-state index in [9.17, 15) is 4.79 Å². The first-order valence-corrected chi connectivity index (χ1v) is 6.11. The molecule has 0 saturated heterocycles. The summed E-state index contributed by atoms with van der Waals surface area (Å²) in [4.78, 5) is 15.6. The second-order valence-electron chi connectivity index (χ2n) is 2.84. The number of carbonyl (C=O) groups is 1. The lowest BCUT2D eigenvalue weighted by Gasteiger charge is -1.89. The predicted molar refractivity (Wildman–Crippen MR) is 62.1 cm³/mol. The van der Waals surface area contributed by atoms with Gasteiger partial charge >= 0.3 is 5.97 Å². The molecule has 15 heavy (non-hydrogen) atoms. The third-order valence-corrected chi connectivity index (χ3v) is 4.02. The number of thiazole rings is 1. The molecule has 2 aromatic rings. The van der Waals surface area contributed by atoms with E-state index in [2.05, 4.69) is 4.98 Å². The first-order valence-electron chi connectivity index (χ1n) is 4.03. The summed E-state index contributed by atoms with van der Waals surface area (Å²) in [5.41, 5.74) is 0.916. The van der Waals surface area contributed by atoms with E-state index in [1.54, 1.807) is 6.92 Å². The molecule has 0 aromatic carbocycles. The molecular formula is C9H6ClNO2S2. The van der Waals surface area contributed by atoms with Crippen molar-refractivity contribution in [3.8, 4) is 10.6 Å². The molecular weight excluding hydrogens is 254 g/mol. The highest BCUT2D eigenvalue weighted by molar-refractivity contribution is 7.17. The van der Waals surface area contributed by atoms with Crippen molar-refractivity contribution in [3.63, 3.8) is 0 Å². The zero-order valence-electron chi connectivity index (χ0n) is 7.65. The van der Waals surface area contributed by atoms with E-state index < -0.39 is 5.97 Å². The van der Waals surface area contributed by atoms with E-state index in [1.807, 2.05) is 11.4 Å². The molecule has 0 amide bonds. The molecule has 6 heteroatoms. The predicted octanol–water partition coefficient (Wildman–Crippen LogP) is 3.53. The summed E-state index contributed by atoms with van der Waals surface area (Å²) in [7, 11) is 0. The number of carboxylic acid groups (broad SMARTS) is 1. The van der Waals surface area contributed by atoms with Crippen LogP contribution in [-0.2, 0) is 0 Å². The summed E-state index contributed by atoms with van der Waals surface area (Å²) < 4.78 is 0.640. The van der Waals surface area contributed by atoms with Crippen molar-refractivity contribution in [2.75, 3.05) is 0 Å². The molecule has 0 radical (unpaired) electrons. The number of halogens is 1. The van der Waals surface area contributed by atoms with Crippen LogP contribution in [0, 0.1) is 6.92 Å². The van der Waals surface area contributed by atoms with Crippen LogP contribution in [0.2, 0.25) is 4.34 Å². The van der Waals surface area contributed by atoms with Crippen molar-refractivity contribution in [2.45, 2.75) is 6.92 Å². The number of hydrogen-bond donors (Lipinski definition) is 1. The maximum Gasteiger partial charge on any atom is 0.355 e. The summed E-state index contributed by atoms with van der Waals surface area (Å²) in [6.45, 7) is 1.74. The molecule has 0 fully saturated rings. The van der Waals surface area contributed by atoms with Crippen LogP contribution in [0.25, 0.3) is 10.6 Å². The monoisotopic (exact) mass is 259 g/mol. The summed E-state index contributed by atoms with van der Waals surface area (Å²) in [6.07, 6.45) is 0. The molecule has 2 rings (SSSR count). The first kappa shape index (κ1) is 10.6. The number of aromatic nitrogens is 1. The van der Waals surface area contributed by atoms with Crippen LogP contribution in [0.5, 0.6) is 0 Å². The first-order chi connectivity index (χ1) is 7.09. The Morgan fingerprint density at radius 3 is 2.80 bits per heavy atom. The zero-order valence-corrected chi connectivity index (χ0v) is 10.0. The lowest BCUT2D eigenvalue weighted by Crippen LogP contribution is -1.98. The van der Waals surface area contributed by atoms with E-state index in [0.29, 0.717) is 14.2 Å². The molecule has 0 spiro atoms. The van der Waals surface area contributed by atoms with Gasteiger partial charge in [0.2, 0.25) is 0 Å². The van der Waals surface area contributed by atoms with Gasteiger partial charge in [0.1, 0.15) is 9.34 Å². The zero-order chi connectivity index (χ0) is 11.0. The van der Waals surface area contributed by atoms with Gasteiger partial charge in [-0.2, -0.15) is 0 Å². The lowest BCUT2D eigenvalue weighted by molar-refractivity contribution is 0.0690. The number of nitrogens with zero attached hydrogens (tertiary/aromatic N) is 1. The van der Waals surface area contributed by atoms with E-state index in [4.69, 9.17) is 16.7 Å². The molecule has 0 unspecified atom stereocenters. The molecule has 0 aliphatic heterocycles.